The number of carbonyl (C=O) groups is 1. The zero-order valence-electron chi connectivity index (χ0n) is 10.2. The molecule has 0 bridgehead atoms. The molecule has 1 N–H and O–H groups in total. The molecule has 0 saturated carbocycles. The van der Waals surface area contributed by atoms with Crippen molar-refractivity contribution < 1.29 is 4.79 Å². The van der Waals surface area contributed by atoms with Crippen LogP contribution >= 0.6 is 27.3 Å². The summed E-state index contributed by atoms with van der Waals surface area (Å²) in [5.41, 5.74) is 0. The average molecular weight is 329 g/mol. The summed E-state index contributed by atoms with van der Waals surface area (Å²) < 4.78 is 1.14. The second-order valence-corrected chi connectivity index (χ2v) is 6.98. The molecule has 2 saturated heterocycles. The Kier molecular flexibility index (Phi) is 3.73. The molecule has 0 aliphatic carbocycles. The lowest BCUT2D eigenvalue weighted by atomic mass is 9.99. The van der Waals surface area contributed by atoms with Gasteiger partial charge in [-0.05, 0) is 41.3 Å². The zero-order chi connectivity index (χ0) is 12.5. The number of piperidine rings is 1. The Hall–Kier alpha value is -0.390. The first-order valence-electron chi connectivity index (χ1n) is 6.50. The van der Waals surface area contributed by atoms with Crippen molar-refractivity contribution in [3.63, 3.8) is 0 Å². The van der Waals surface area contributed by atoms with Crippen molar-refractivity contribution in [1.29, 1.82) is 0 Å². The molecule has 3 nitrogen and oxygen atoms in total. The van der Waals surface area contributed by atoms with Crippen LogP contribution in [0.25, 0.3) is 0 Å². The fraction of sp³-hybridized carbons (Fsp3) is 0.615. The fourth-order valence-electron chi connectivity index (χ4n) is 3.01. The van der Waals surface area contributed by atoms with Gasteiger partial charge in [0.1, 0.15) is 0 Å². The lowest BCUT2D eigenvalue weighted by Gasteiger charge is -2.32. The van der Waals surface area contributed by atoms with E-state index in [1.165, 1.54) is 17.7 Å². The van der Waals surface area contributed by atoms with E-state index in [9.17, 15) is 4.79 Å². The van der Waals surface area contributed by atoms with Gasteiger partial charge in [0.05, 0.1) is 0 Å². The first-order valence-corrected chi connectivity index (χ1v) is 8.17. The number of amides is 1. The molecule has 2 fully saturated rings. The lowest BCUT2D eigenvalue weighted by Crippen LogP contribution is -2.45. The summed E-state index contributed by atoms with van der Waals surface area (Å²) in [4.78, 5) is 15.3. The van der Waals surface area contributed by atoms with Crippen LogP contribution in [0, 0.1) is 0 Å². The number of rotatable bonds is 3. The van der Waals surface area contributed by atoms with Gasteiger partial charge >= 0.3 is 0 Å². The van der Waals surface area contributed by atoms with E-state index in [-0.39, 0.29) is 0 Å². The third-order valence-electron chi connectivity index (χ3n) is 3.89. The van der Waals surface area contributed by atoms with E-state index in [1.54, 1.807) is 11.3 Å². The predicted molar refractivity (Wildman–Crippen MR) is 76.6 cm³/mol. The van der Waals surface area contributed by atoms with Gasteiger partial charge in [0.25, 0.3) is 0 Å². The highest BCUT2D eigenvalue weighted by molar-refractivity contribution is 9.10. The van der Waals surface area contributed by atoms with Crippen molar-refractivity contribution in [2.24, 2.45) is 0 Å². The number of nitrogens with one attached hydrogen (secondary N) is 1. The Balaban J connectivity index is 1.61. The Morgan fingerprint density at radius 2 is 2.39 bits per heavy atom. The molecule has 1 amide bonds. The molecule has 0 radical (unpaired) electrons. The molecule has 1 aromatic heterocycles. The molecule has 2 aliphatic rings. The third kappa shape index (κ3) is 2.49. The van der Waals surface area contributed by atoms with E-state index in [4.69, 9.17) is 0 Å². The molecule has 3 rings (SSSR count). The molecular formula is C13H17BrN2OS. The number of nitrogens with zero attached hydrogens (tertiary/aromatic N) is 1. The van der Waals surface area contributed by atoms with Crippen LogP contribution < -0.4 is 5.32 Å². The molecule has 2 atom stereocenters. The summed E-state index contributed by atoms with van der Waals surface area (Å²) in [6.45, 7) is 1.84. The first kappa shape index (κ1) is 12.6. The third-order valence-corrected chi connectivity index (χ3v) is 5.59. The molecule has 3 heterocycles. The fourth-order valence-corrected chi connectivity index (χ4v) is 4.42. The van der Waals surface area contributed by atoms with Crippen LogP contribution in [-0.4, -0.2) is 29.4 Å². The molecule has 18 heavy (non-hydrogen) atoms. The standard InChI is InChI=1S/C13H17BrN2OS/c14-9-5-10(18-8-9)7-15-11-6-13(17)16-4-2-1-3-12(11)16/h5,8,11-12,15H,1-4,6-7H2. The van der Waals surface area contributed by atoms with Gasteiger partial charge in [0, 0.05) is 46.3 Å². The van der Waals surface area contributed by atoms with E-state index in [1.807, 2.05) is 0 Å². The molecule has 2 aliphatic heterocycles. The first-order chi connectivity index (χ1) is 8.74. The van der Waals surface area contributed by atoms with Crippen LogP contribution in [-0.2, 0) is 11.3 Å². The highest BCUT2D eigenvalue weighted by Crippen LogP contribution is 2.28. The summed E-state index contributed by atoms with van der Waals surface area (Å²) in [6, 6.07) is 2.93. The van der Waals surface area contributed by atoms with E-state index < -0.39 is 0 Å². The summed E-state index contributed by atoms with van der Waals surface area (Å²) in [5, 5.41) is 5.67. The summed E-state index contributed by atoms with van der Waals surface area (Å²) in [6.07, 6.45) is 4.28. The van der Waals surface area contributed by atoms with Crippen LogP contribution in [0.3, 0.4) is 0 Å². The minimum absolute atomic E-state index is 0.338. The number of halogens is 1. The molecule has 0 aromatic carbocycles. The van der Waals surface area contributed by atoms with Crippen molar-refractivity contribution in [3.8, 4) is 0 Å². The van der Waals surface area contributed by atoms with Gasteiger partial charge < -0.3 is 10.2 Å². The maximum Gasteiger partial charge on any atom is 0.224 e. The SMILES string of the molecule is O=C1CC(NCc2cc(Br)cs2)C2CCCCN12. The van der Waals surface area contributed by atoms with E-state index in [0.29, 0.717) is 24.4 Å². The zero-order valence-corrected chi connectivity index (χ0v) is 12.6. The molecule has 98 valence electrons. The van der Waals surface area contributed by atoms with Gasteiger partial charge in [0.2, 0.25) is 5.91 Å². The second-order valence-electron chi connectivity index (χ2n) is 5.07. The van der Waals surface area contributed by atoms with Crippen molar-refractivity contribution in [3.05, 3.63) is 20.8 Å². The van der Waals surface area contributed by atoms with Gasteiger partial charge in [0.15, 0.2) is 0 Å². The summed E-state index contributed by atoms with van der Waals surface area (Å²) in [7, 11) is 0. The van der Waals surface area contributed by atoms with Crippen LogP contribution in [0.1, 0.15) is 30.6 Å². The Bertz CT molecular complexity index is 448. The number of carbonyl (C=O) groups excluding carboxylic acids is 1. The van der Waals surface area contributed by atoms with Crippen LogP contribution in [0.4, 0.5) is 0 Å². The van der Waals surface area contributed by atoms with Crippen LogP contribution in [0.5, 0.6) is 0 Å². The van der Waals surface area contributed by atoms with E-state index >= 15 is 0 Å². The highest BCUT2D eigenvalue weighted by atomic mass is 79.9. The highest BCUT2D eigenvalue weighted by Gasteiger charge is 2.40. The number of fused-ring (bicyclic) bond motifs is 1. The minimum atomic E-state index is 0.338. The lowest BCUT2D eigenvalue weighted by molar-refractivity contribution is -0.129. The number of thiophene rings is 1. The topological polar surface area (TPSA) is 32.3 Å². The number of hydrogen-bond acceptors (Lipinski definition) is 3. The van der Waals surface area contributed by atoms with Crippen molar-refractivity contribution in [1.82, 2.24) is 10.2 Å². The number of hydrogen-bond donors (Lipinski definition) is 1. The Morgan fingerprint density at radius 1 is 1.50 bits per heavy atom. The largest absolute Gasteiger partial charge is 0.338 e. The maximum absolute atomic E-state index is 11.9. The normalized spacial score (nSPS) is 27.6. The predicted octanol–water partition coefficient (Wildman–Crippen LogP) is 2.75. The second kappa shape index (κ2) is 5.31. The monoisotopic (exact) mass is 328 g/mol. The quantitative estimate of drug-likeness (QED) is 0.925. The summed E-state index contributed by atoms with van der Waals surface area (Å²) >= 11 is 5.23. The summed E-state index contributed by atoms with van der Waals surface area (Å²) in [5.74, 6) is 0.338. The van der Waals surface area contributed by atoms with Gasteiger partial charge in [-0.3, -0.25) is 4.79 Å². The van der Waals surface area contributed by atoms with E-state index in [0.717, 1.165) is 24.0 Å². The molecule has 0 spiro atoms. The van der Waals surface area contributed by atoms with Gasteiger partial charge in [-0.2, -0.15) is 0 Å². The smallest absolute Gasteiger partial charge is 0.224 e. The molecular weight excluding hydrogens is 312 g/mol. The van der Waals surface area contributed by atoms with Crippen LogP contribution in [0.2, 0.25) is 0 Å². The molecule has 1 aromatic rings. The van der Waals surface area contributed by atoms with Crippen molar-refractivity contribution in [2.45, 2.75) is 44.3 Å². The minimum Gasteiger partial charge on any atom is -0.338 e. The maximum atomic E-state index is 11.9. The Labute approximate surface area is 120 Å². The van der Waals surface area contributed by atoms with Crippen molar-refractivity contribution >= 4 is 33.2 Å². The Morgan fingerprint density at radius 3 is 3.17 bits per heavy atom. The van der Waals surface area contributed by atoms with Crippen molar-refractivity contribution in [2.75, 3.05) is 6.54 Å². The van der Waals surface area contributed by atoms with Gasteiger partial charge in [-0.25, -0.2) is 0 Å². The molecule has 5 heteroatoms. The van der Waals surface area contributed by atoms with Crippen LogP contribution in [0.15, 0.2) is 15.9 Å². The van der Waals surface area contributed by atoms with Gasteiger partial charge in [-0.15, -0.1) is 11.3 Å². The van der Waals surface area contributed by atoms with Gasteiger partial charge in [-0.1, -0.05) is 0 Å². The average Bonchev–Trinajstić information content (AvgIpc) is 2.92. The van der Waals surface area contributed by atoms with E-state index in [2.05, 4.69) is 37.6 Å². The molecule has 2 unspecified atom stereocenters.